The summed E-state index contributed by atoms with van der Waals surface area (Å²) >= 11 is 0. The molecule has 3 rings (SSSR count). The third kappa shape index (κ3) is 2.70. The molecular weight excluding hydrogens is 280 g/mol. The van der Waals surface area contributed by atoms with Crippen molar-refractivity contribution in [2.75, 3.05) is 7.05 Å². The fraction of sp³-hybridized carbons (Fsp3) is 0.476. The fourth-order valence-electron chi connectivity index (χ4n) is 4.71. The minimum absolute atomic E-state index is 0.194. The Morgan fingerprint density at radius 3 is 3.00 bits per heavy atom. The van der Waals surface area contributed by atoms with E-state index in [0.717, 1.165) is 18.8 Å². The first-order chi connectivity index (χ1) is 11.1. The molecule has 0 bridgehead atoms. The van der Waals surface area contributed by atoms with Crippen molar-refractivity contribution in [3.63, 3.8) is 0 Å². The molecule has 0 amide bonds. The van der Waals surface area contributed by atoms with Crippen LogP contribution in [0.1, 0.15) is 39.0 Å². The molecule has 1 saturated carbocycles. The third-order valence-electron chi connectivity index (χ3n) is 5.80. The summed E-state index contributed by atoms with van der Waals surface area (Å²) in [5.41, 5.74) is 5.87. The third-order valence-corrected chi connectivity index (χ3v) is 5.80. The van der Waals surface area contributed by atoms with E-state index in [-0.39, 0.29) is 5.54 Å². The van der Waals surface area contributed by atoms with E-state index in [2.05, 4.69) is 42.5 Å². The Morgan fingerprint density at radius 2 is 2.30 bits per heavy atom. The number of rotatable bonds is 5. The highest BCUT2D eigenvalue weighted by Gasteiger charge is 2.57. The molecule has 3 atom stereocenters. The summed E-state index contributed by atoms with van der Waals surface area (Å²) in [7, 11) is 1.86. The SMILES string of the molecule is C=C/C=C(\C=C)CC1NC23CC(C=NC)=C(C)C=C2CCCC13. The molecule has 3 unspecified atom stereocenters. The maximum atomic E-state index is 4.26. The first kappa shape index (κ1) is 16.2. The van der Waals surface area contributed by atoms with Gasteiger partial charge in [-0.05, 0) is 67.2 Å². The van der Waals surface area contributed by atoms with Crippen molar-refractivity contribution in [2.24, 2.45) is 10.9 Å². The topological polar surface area (TPSA) is 24.4 Å². The van der Waals surface area contributed by atoms with Crippen molar-refractivity contribution in [3.8, 4) is 0 Å². The monoisotopic (exact) mass is 308 g/mol. The zero-order valence-electron chi connectivity index (χ0n) is 14.4. The van der Waals surface area contributed by atoms with Gasteiger partial charge >= 0.3 is 0 Å². The summed E-state index contributed by atoms with van der Waals surface area (Å²) in [6.45, 7) is 9.97. The lowest BCUT2D eigenvalue weighted by Crippen LogP contribution is -2.73. The van der Waals surface area contributed by atoms with Gasteiger partial charge in [0.2, 0.25) is 0 Å². The Hall–Kier alpha value is -1.67. The molecule has 2 aliphatic carbocycles. The predicted octanol–water partition coefficient (Wildman–Crippen LogP) is 4.53. The second-order valence-corrected chi connectivity index (χ2v) is 7.05. The molecule has 1 saturated heterocycles. The summed E-state index contributed by atoms with van der Waals surface area (Å²) in [5.74, 6) is 0.726. The lowest BCUT2D eigenvalue weighted by Gasteiger charge is -2.62. The van der Waals surface area contributed by atoms with Crippen LogP contribution in [0.15, 0.2) is 64.7 Å². The average molecular weight is 308 g/mol. The van der Waals surface area contributed by atoms with E-state index in [1.165, 1.54) is 36.0 Å². The van der Waals surface area contributed by atoms with Crippen LogP contribution in [0.5, 0.6) is 0 Å². The van der Waals surface area contributed by atoms with E-state index in [1.54, 1.807) is 5.57 Å². The largest absolute Gasteiger partial charge is 0.304 e. The van der Waals surface area contributed by atoms with Gasteiger partial charge in [0.15, 0.2) is 0 Å². The van der Waals surface area contributed by atoms with Crippen LogP contribution in [0, 0.1) is 5.92 Å². The minimum Gasteiger partial charge on any atom is -0.304 e. The molecule has 0 aromatic rings. The number of allylic oxidation sites excluding steroid dienone is 5. The summed E-state index contributed by atoms with van der Waals surface area (Å²) < 4.78 is 0. The Balaban J connectivity index is 1.83. The van der Waals surface area contributed by atoms with E-state index in [9.17, 15) is 0 Å². The Labute approximate surface area is 140 Å². The molecule has 1 aliphatic heterocycles. The number of hydrogen-bond acceptors (Lipinski definition) is 2. The number of aliphatic imine (C=N–C) groups is 1. The van der Waals surface area contributed by atoms with Crippen molar-refractivity contribution in [3.05, 3.63) is 59.8 Å². The lowest BCUT2D eigenvalue weighted by atomic mass is 9.55. The molecule has 0 radical (unpaired) electrons. The van der Waals surface area contributed by atoms with E-state index in [0.29, 0.717) is 6.04 Å². The molecule has 2 fully saturated rings. The zero-order valence-corrected chi connectivity index (χ0v) is 14.4. The molecule has 1 spiro atoms. The van der Waals surface area contributed by atoms with Gasteiger partial charge in [-0.15, -0.1) is 0 Å². The van der Waals surface area contributed by atoms with Crippen molar-refractivity contribution < 1.29 is 0 Å². The van der Waals surface area contributed by atoms with Gasteiger partial charge in [-0.1, -0.05) is 37.5 Å². The summed E-state index contributed by atoms with van der Waals surface area (Å²) in [6.07, 6.45) is 16.4. The Morgan fingerprint density at radius 1 is 1.48 bits per heavy atom. The smallest absolute Gasteiger partial charge is 0.0484 e. The highest BCUT2D eigenvalue weighted by Crippen LogP contribution is 2.53. The lowest BCUT2D eigenvalue weighted by molar-refractivity contribution is 0.0357. The summed E-state index contributed by atoms with van der Waals surface area (Å²) in [4.78, 5) is 4.26. The van der Waals surface area contributed by atoms with Gasteiger partial charge in [0.25, 0.3) is 0 Å². The fourth-order valence-corrected chi connectivity index (χ4v) is 4.71. The second kappa shape index (κ2) is 6.45. The number of hydrogen-bond donors (Lipinski definition) is 1. The van der Waals surface area contributed by atoms with Crippen LogP contribution in [-0.2, 0) is 0 Å². The molecule has 122 valence electrons. The van der Waals surface area contributed by atoms with Gasteiger partial charge in [0.05, 0.1) is 0 Å². The first-order valence-electron chi connectivity index (χ1n) is 8.69. The van der Waals surface area contributed by atoms with Crippen molar-refractivity contribution >= 4 is 6.21 Å². The molecular formula is C21H28N2. The number of nitrogens with zero attached hydrogens (tertiary/aromatic N) is 1. The molecule has 0 aromatic carbocycles. The summed E-state index contributed by atoms with van der Waals surface area (Å²) in [6, 6.07) is 0.557. The predicted molar refractivity (Wildman–Crippen MR) is 99.9 cm³/mol. The van der Waals surface area contributed by atoms with Crippen molar-refractivity contribution in [1.82, 2.24) is 5.32 Å². The van der Waals surface area contributed by atoms with Gasteiger partial charge in [-0.3, -0.25) is 4.99 Å². The van der Waals surface area contributed by atoms with Crippen LogP contribution in [0.4, 0.5) is 0 Å². The maximum Gasteiger partial charge on any atom is 0.0484 e. The highest BCUT2D eigenvalue weighted by molar-refractivity contribution is 5.82. The maximum absolute atomic E-state index is 4.26. The summed E-state index contributed by atoms with van der Waals surface area (Å²) in [5, 5.41) is 3.94. The highest BCUT2D eigenvalue weighted by atomic mass is 15.1. The van der Waals surface area contributed by atoms with E-state index >= 15 is 0 Å². The van der Waals surface area contributed by atoms with Crippen LogP contribution in [0.3, 0.4) is 0 Å². The molecule has 2 nitrogen and oxygen atoms in total. The molecule has 1 heterocycles. The van der Waals surface area contributed by atoms with Crippen LogP contribution in [0.25, 0.3) is 0 Å². The average Bonchev–Trinajstić information content (AvgIpc) is 2.53. The molecule has 0 aromatic heterocycles. The van der Waals surface area contributed by atoms with Crippen LogP contribution in [0.2, 0.25) is 0 Å². The molecule has 1 N–H and O–H groups in total. The quantitative estimate of drug-likeness (QED) is 0.585. The second-order valence-electron chi connectivity index (χ2n) is 7.05. The van der Waals surface area contributed by atoms with Crippen LogP contribution >= 0.6 is 0 Å². The van der Waals surface area contributed by atoms with Gasteiger partial charge in [0.1, 0.15) is 0 Å². The van der Waals surface area contributed by atoms with Gasteiger partial charge in [-0.2, -0.15) is 0 Å². The zero-order chi connectivity index (χ0) is 16.4. The Kier molecular flexibility index (Phi) is 4.54. The molecule has 23 heavy (non-hydrogen) atoms. The number of nitrogens with one attached hydrogen (secondary N) is 1. The van der Waals surface area contributed by atoms with Gasteiger partial charge in [0, 0.05) is 24.8 Å². The standard InChI is InChI=1S/C21H28N2/c1-5-8-16(6-2)12-20-19-10-7-9-18-11-15(3)17(14-22-4)13-21(18,19)23-20/h5-6,8,11,14,19-20,23H,1-2,7,9-10,12-13H2,3-4H3/b16-8+,22-14?. The van der Waals surface area contributed by atoms with Gasteiger partial charge < -0.3 is 5.32 Å². The normalized spacial score (nSPS) is 33.7. The Bertz CT molecular complexity index is 632. The van der Waals surface area contributed by atoms with E-state index < -0.39 is 0 Å². The first-order valence-corrected chi connectivity index (χ1v) is 8.69. The minimum atomic E-state index is 0.194. The van der Waals surface area contributed by atoms with Crippen molar-refractivity contribution in [2.45, 2.75) is 50.6 Å². The van der Waals surface area contributed by atoms with E-state index in [1.807, 2.05) is 25.4 Å². The van der Waals surface area contributed by atoms with Crippen LogP contribution in [-0.4, -0.2) is 24.8 Å². The van der Waals surface area contributed by atoms with Crippen LogP contribution < -0.4 is 5.32 Å². The molecule has 3 aliphatic rings. The molecule has 2 heteroatoms. The van der Waals surface area contributed by atoms with Gasteiger partial charge in [-0.25, -0.2) is 0 Å². The van der Waals surface area contributed by atoms with E-state index in [4.69, 9.17) is 0 Å². The van der Waals surface area contributed by atoms with Crippen molar-refractivity contribution in [1.29, 1.82) is 0 Å².